The minimum absolute atomic E-state index is 0.0279. The zero-order chi connectivity index (χ0) is 15.4. The normalized spacial score (nSPS) is 11.7. The molecule has 21 heavy (non-hydrogen) atoms. The van der Waals surface area contributed by atoms with Gasteiger partial charge in [0.05, 0.1) is 23.4 Å². The fourth-order valence-corrected chi connectivity index (χ4v) is 1.79. The molecule has 1 amide bonds. The third kappa shape index (κ3) is 3.73. The van der Waals surface area contributed by atoms with Crippen LogP contribution in [0.15, 0.2) is 36.7 Å². The van der Waals surface area contributed by atoms with E-state index in [1.807, 2.05) is 0 Å². The maximum absolute atomic E-state index is 12.0. The molecule has 1 atom stereocenters. The number of benzene rings is 1. The van der Waals surface area contributed by atoms with Crippen molar-refractivity contribution in [3.63, 3.8) is 0 Å². The Kier molecular flexibility index (Phi) is 4.44. The van der Waals surface area contributed by atoms with Crippen LogP contribution < -0.4 is 5.32 Å². The summed E-state index contributed by atoms with van der Waals surface area (Å²) in [7, 11) is 0. The van der Waals surface area contributed by atoms with Crippen LogP contribution in [-0.2, 0) is 0 Å². The summed E-state index contributed by atoms with van der Waals surface area (Å²) in [6.45, 7) is 1.72. The lowest BCUT2D eigenvalue weighted by atomic mass is 10.1. The Bertz CT molecular complexity index is 675. The summed E-state index contributed by atoms with van der Waals surface area (Å²) in [6, 6.07) is 5.67. The predicted octanol–water partition coefficient (Wildman–Crippen LogP) is 2.53. The van der Waals surface area contributed by atoms with Crippen LogP contribution in [-0.4, -0.2) is 20.8 Å². The topological polar surface area (TPSA) is 98.0 Å². The molecule has 1 unspecified atom stereocenters. The number of nitro benzene ring substituents is 1. The second kappa shape index (κ2) is 6.27. The summed E-state index contributed by atoms with van der Waals surface area (Å²) >= 11 is 5.60. The highest BCUT2D eigenvalue weighted by Gasteiger charge is 2.15. The molecule has 8 heteroatoms. The number of amides is 1. The van der Waals surface area contributed by atoms with Crippen LogP contribution in [0.5, 0.6) is 0 Å². The first-order chi connectivity index (χ1) is 9.97. The predicted molar refractivity (Wildman–Crippen MR) is 76.0 cm³/mol. The summed E-state index contributed by atoms with van der Waals surface area (Å²) in [4.78, 5) is 29.8. The van der Waals surface area contributed by atoms with Crippen LogP contribution in [0.1, 0.15) is 29.0 Å². The average molecular weight is 307 g/mol. The largest absolute Gasteiger partial charge is 0.344 e. The number of carbonyl (C=O) groups is 1. The number of nitrogens with zero attached hydrogens (tertiary/aromatic N) is 3. The van der Waals surface area contributed by atoms with Gasteiger partial charge in [0.15, 0.2) is 0 Å². The van der Waals surface area contributed by atoms with Gasteiger partial charge in [0.2, 0.25) is 0 Å². The van der Waals surface area contributed by atoms with E-state index in [-0.39, 0.29) is 16.5 Å². The molecule has 1 aromatic carbocycles. The fraction of sp³-hybridized carbons (Fsp3) is 0.154. The highest BCUT2D eigenvalue weighted by Crippen LogP contribution is 2.19. The van der Waals surface area contributed by atoms with Gasteiger partial charge < -0.3 is 5.32 Å². The zero-order valence-corrected chi connectivity index (χ0v) is 11.7. The van der Waals surface area contributed by atoms with Crippen molar-refractivity contribution in [3.8, 4) is 0 Å². The minimum Gasteiger partial charge on any atom is -0.344 e. The zero-order valence-electron chi connectivity index (χ0n) is 11.0. The van der Waals surface area contributed by atoms with Crippen molar-refractivity contribution >= 4 is 23.2 Å². The molecule has 1 aromatic heterocycles. The Labute approximate surface area is 125 Å². The molecule has 2 rings (SSSR count). The number of rotatable bonds is 4. The monoisotopic (exact) mass is 306 g/mol. The minimum atomic E-state index is -0.483. The summed E-state index contributed by atoms with van der Waals surface area (Å²) in [5, 5.41) is 13.6. The van der Waals surface area contributed by atoms with Gasteiger partial charge in [-0.3, -0.25) is 14.9 Å². The molecule has 0 bridgehead atoms. The van der Waals surface area contributed by atoms with Crippen molar-refractivity contribution in [1.29, 1.82) is 0 Å². The molecule has 0 fully saturated rings. The Morgan fingerprint density at radius 3 is 2.76 bits per heavy atom. The quantitative estimate of drug-likeness (QED) is 0.691. The van der Waals surface area contributed by atoms with Crippen molar-refractivity contribution in [2.24, 2.45) is 0 Å². The summed E-state index contributed by atoms with van der Waals surface area (Å²) in [5.41, 5.74) is 0.719. The number of carbonyl (C=O) groups excluding carboxylic acids is 1. The number of hydrogen-bond acceptors (Lipinski definition) is 5. The summed E-state index contributed by atoms with van der Waals surface area (Å²) in [5.74, 6) is -0.432. The van der Waals surface area contributed by atoms with Gasteiger partial charge >= 0.3 is 0 Å². The fourth-order valence-electron chi connectivity index (χ4n) is 1.69. The third-order valence-corrected chi connectivity index (χ3v) is 2.98. The standard InChI is InChI=1S/C13H11ClN4O3/c1-8(9-3-2-4-10(5-9)18(20)21)17-13(19)11-6-16-12(14)7-15-11/h2-8H,1H3,(H,17,19). The van der Waals surface area contributed by atoms with Crippen molar-refractivity contribution in [1.82, 2.24) is 15.3 Å². The molecule has 0 aliphatic heterocycles. The van der Waals surface area contributed by atoms with Gasteiger partial charge in [0.25, 0.3) is 11.6 Å². The first kappa shape index (κ1) is 14.9. The van der Waals surface area contributed by atoms with Crippen molar-refractivity contribution in [2.75, 3.05) is 0 Å². The molecule has 2 aromatic rings. The Hall–Kier alpha value is -2.54. The molecule has 0 saturated heterocycles. The highest BCUT2D eigenvalue weighted by atomic mass is 35.5. The van der Waals surface area contributed by atoms with Gasteiger partial charge in [-0.2, -0.15) is 0 Å². The third-order valence-electron chi connectivity index (χ3n) is 2.78. The second-order valence-electron chi connectivity index (χ2n) is 4.27. The number of aromatic nitrogens is 2. The molecule has 1 heterocycles. The van der Waals surface area contributed by atoms with Crippen LogP contribution in [0.25, 0.3) is 0 Å². The molecule has 0 aliphatic carbocycles. The average Bonchev–Trinajstić information content (AvgIpc) is 2.48. The van der Waals surface area contributed by atoms with Gasteiger partial charge in [-0.05, 0) is 12.5 Å². The van der Waals surface area contributed by atoms with Crippen molar-refractivity contribution in [2.45, 2.75) is 13.0 Å². The SMILES string of the molecule is CC(NC(=O)c1cnc(Cl)cn1)c1cccc([N+](=O)[O-])c1. The van der Waals surface area contributed by atoms with E-state index in [9.17, 15) is 14.9 Å². The van der Waals surface area contributed by atoms with E-state index < -0.39 is 16.9 Å². The van der Waals surface area contributed by atoms with Gasteiger partial charge in [-0.25, -0.2) is 9.97 Å². The van der Waals surface area contributed by atoms with E-state index in [1.165, 1.54) is 24.5 Å². The van der Waals surface area contributed by atoms with Crippen LogP contribution >= 0.6 is 11.6 Å². The Morgan fingerprint density at radius 2 is 2.14 bits per heavy atom. The van der Waals surface area contributed by atoms with Gasteiger partial charge in [-0.1, -0.05) is 23.7 Å². The molecule has 0 radical (unpaired) electrons. The molecule has 0 aliphatic rings. The lowest BCUT2D eigenvalue weighted by Crippen LogP contribution is -2.27. The second-order valence-corrected chi connectivity index (χ2v) is 4.66. The van der Waals surface area contributed by atoms with Crippen LogP contribution in [0.3, 0.4) is 0 Å². The van der Waals surface area contributed by atoms with Crippen molar-refractivity contribution < 1.29 is 9.72 Å². The molecular formula is C13H11ClN4O3. The molecule has 0 spiro atoms. The molecule has 7 nitrogen and oxygen atoms in total. The lowest BCUT2D eigenvalue weighted by molar-refractivity contribution is -0.384. The molecule has 0 saturated carbocycles. The number of nitro groups is 1. The highest BCUT2D eigenvalue weighted by molar-refractivity contribution is 6.29. The Balaban J connectivity index is 2.12. The smallest absolute Gasteiger partial charge is 0.271 e. The van der Waals surface area contributed by atoms with Crippen LogP contribution in [0, 0.1) is 10.1 Å². The van der Waals surface area contributed by atoms with E-state index in [4.69, 9.17) is 11.6 Å². The van der Waals surface area contributed by atoms with E-state index in [1.54, 1.807) is 19.1 Å². The van der Waals surface area contributed by atoms with Crippen LogP contribution in [0.4, 0.5) is 5.69 Å². The van der Waals surface area contributed by atoms with E-state index in [0.29, 0.717) is 5.56 Å². The maximum Gasteiger partial charge on any atom is 0.271 e. The maximum atomic E-state index is 12.0. The van der Waals surface area contributed by atoms with Gasteiger partial charge in [0, 0.05) is 12.1 Å². The molecule has 1 N–H and O–H groups in total. The van der Waals surface area contributed by atoms with Crippen LogP contribution in [0.2, 0.25) is 5.15 Å². The number of non-ortho nitro benzene ring substituents is 1. The Morgan fingerprint density at radius 1 is 1.38 bits per heavy atom. The van der Waals surface area contributed by atoms with Gasteiger partial charge in [-0.15, -0.1) is 0 Å². The first-order valence-electron chi connectivity index (χ1n) is 6.00. The summed E-state index contributed by atoms with van der Waals surface area (Å²) < 4.78 is 0. The number of halogens is 1. The first-order valence-corrected chi connectivity index (χ1v) is 6.38. The van der Waals surface area contributed by atoms with Gasteiger partial charge in [0.1, 0.15) is 10.8 Å². The molecular weight excluding hydrogens is 296 g/mol. The van der Waals surface area contributed by atoms with E-state index in [0.717, 1.165) is 0 Å². The van der Waals surface area contributed by atoms with E-state index >= 15 is 0 Å². The number of nitrogens with one attached hydrogen (secondary N) is 1. The van der Waals surface area contributed by atoms with E-state index in [2.05, 4.69) is 15.3 Å². The molecule has 108 valence electrons. The lowest BCUT2D eigenvalue weighted by Gasteiger charge is -2.13. The van der Waals surface area contributed by atoms with Crippen molar-refractivity contribution in [3.05, 3.63) is 63.2 Å². The number of hydrogen-bond donors (Lipinski definition) is 1. The summed E-state index contributed by atoms with van der Waals surface area (Å²) in [6.07, 6.45) is 2.53.